The topological polar surface area (TPSA) is 130 Å². The normalized spacial score (nSPS) is 11.5. The number of anilines is 2. The van der Waals surface area contributed by atoms with Gasteiger partial charge in [-0.05, 0) is 42.1 Å². The molecule has 7 nitrogen and oxygen atoms in total. The number of hydrogen-bond donors (Lipinski definition) is 4. The van der Waals surface area contributed by atoms with E-state index in [0.717, 1.165) is 0 Å². The smallest absolute Gasteiger partial charge is 0.296 e. The van der Waals surface area contributed by atoms with Gasteiger partial charge < -0.3 is 16.2 Å². The molecule has 0 saturated heterocycles. The molecule has 3 rings (SSSR count). The van der Waals surface area contributed by atoms with E-state index in [1.54, 1.807) is 37.3 Å². The number of fused-ring (bicyclic) bond motifs is 1. The van der Waals surface area contributed by atoms with Crippen LogP contribution in [0.1, 0.15) is 15.9 Å². The number of nitrogens with one attached hydrogen (secondary N) is 1. The zero-order valence-electron chi connectivity index (χ0n) is 13.7. The number of carbonyl (C=O) groups is 1. The van der Waals surface area contributed by atoms with Gasteiger partial charge in [0.15, 0.2) is 0 Å². The van der Waals surface area contributed by atoms with E-state index in [1.165, 1.54) is 18.2 Å². The Morgan fingerprint density at radius 3 is 2.46 bits per heavy atom. The number of nitrogens with two attached hydrogens (primary N) is 1. The standard InChI is InChI=1S/C18H16N2O5S/c1-10-8-12(6-7-14(10)19)18(22)20-16-15(26(23,24)25)9-11-4-2-3-5-13(11)17(16)21/h2-9,21H,19H2,1H3,(H,20,22)(H,23,24,25). The Morgan fingerprint density at radius 2 is 1.81 bits per heavy atom. The molecule has 0 spiro atoms. The number of rotatable bonds is 3. The molecular formula is C18H16N2O5S. The second-order valence-corrected chi connectivity index (χ2v) is 7.21. The minimum absolute atomic E-state index is 0.227. The zero-order chi connectivity index (χ0) is 19.1. The predicted octanol–water partition coefficient (Wildman–Crippen LogP) is 2.94. The fraction of sp³-hybridized carbons (Fsp3) is 0.0556. The Bertz CT molecular complexity index is 1140. The molecule has 0 heterocycles. The first-order chi connectivity index (χ1) is 12.2. The molecule has 0 aromatic heterocycles. The lowest BCUT2D eigenvalue weighted by atomic mass is 10.1. The Hall–Kier alpha value is -3.10. The van der Waals surface area contributed by atoms with Crippen molar-refractivity contribution in [3.05, 3.63) is 59.7 Å². The highest BCUT2D eigenvalue weighted by atomic mass is 32.2. The summed E-state index contributed by atoms with van der Waals surface area (Å²) in [6, 6.07) is 12.2. The molecule has 134 valence electrons. The van der Waals surface area contributed by atoms with Crippen molar-refractivity contribution < 1.29 is 22.9 Å². The van der Waals surface area contributed by atoms with Crippen LogP contribution < -0.4 is 11.1 Å². The number of amides is 1. The van der Waals surface area contributed by atoms with Crippen molar-refractivity contribution in [2.24, 2.45) is 0 Å². The number of carbonyl (C=O) groups excluding carboxylic acids is 1. The number of phenols is 1. The van der Waals surface area contributed by atoms with Crippen LogP contribution in [0.4, 0.5) is 11.4 Å². The SMILES string of the molecule is Cc1cc(C(=O)Nc2c(S(=O)(=O)O)cc3ccccc3c2O)ccc1N. The third-order valence-electron chi connectivity index (χ3n) is 4.03. The van der Waals surface area contributed by atoms with E-state index < -0.39 is 26.7 Å². The summed E-state index contributed by atoms with van der Waals surface area (Å²) in [4.78, 5) is 11.9. The molecular weight excluding hydrogens is 356 g/mol. The van der Waals surface area contributed by atoms with Gasteiger partial charge in [-0.2, -0.15) is 8.42 Å². The van der Waals surface area contributed by atoms with Crippen LogP contribution in [0.3, 0.4) is 0 Å². The largest absolute Gasteiger partial charge is 0.505 e. The number of benzene rings is 3. The average molecular weight is 372 g/mol. The molecule has 0 atom stereocenters. The van der Waals surface area contributed by atoms with E-state index in [9.17, 15) is 22.9 Å². The van der Waals surface area contributed by atoms with Crippen molar-refractivity contribution in [3.8, 4) is 5.75 Å². The molecule has 5 N–H and O–H groups in total. The molecule has 3 aromatic carbocycles. The van der Waals surface area contributed by atoms with Crippen molar-refractivity contribution >= 4 is 38.2 Å². The van der Waals surface area contributed by atoms with Gasteiger partial charge in [0.25, 0.3) is 16.0 Å². The number of aryl methyl sites for hydroxylation is 1. The summed E-state index contributed by atoms with van der Waals surface area (Å²) in [5, 5.41) is 13.6. The molecule has 26 heavy (non-hydrogen) atoms. The van der Waals surface area contributed by atoms with E-state index in [-0.39, 0.29) is 11.3 Å². The molecule has 0 aliphatic carbocycles. The average Bonchev–Trinajstić information content (AvgIpc) is 2.58. The van der Waals surface area contributed by atoms with Crippen molar-refractivity contribution in [1.29, 1.82) is 0 Å². The number of nitrogen functional groups attached to an aromatic ring is 1. The van der Waals surface area contributed by atoms with Gasteiger partial charge in [0.05, 0.1) is 0 Å². The van der Waals surface area contributed by atoms with E-state index >= 15 is 0 Å². The van der Waals surface area contributed by atoms with Crippen LogP contribution in [0.5, 0.6) is 5.75 Å². The molecule has 0 radical (unpaired) electrons. The minimum atomic E-state index is -4.68. The summed E-state index contributed by atoms with van der Waals surface area (Å²) in [6.07, 6.45) is 0. The molecule has 8 heteroatoms. The van der Waals surface area contributed by atoms with Crippen molar-refractivity contribution in [1.82, 2.24) is 0 Å². The Morgan fingerprint density at radius 1 is 1.12 bits per heavy atom. The lowest BCUT2D eigenvalue weighted by Gasteiger charge is -2.14. The molecule has 0 aliphatic heterocycles. The lowest BCUT2D eigenvalue weighted by Crippen LogP contribution is -2.15. The second kappa shape index (κ2) is 6.32. The van der Waals surface area contributed by atoms with Crippen molar-refractivity contribution in [3.63, 3.8) is 0 Å². The van der Waals surface area contributed by atoms with Gasteiger partial charge in [0.1, 0.15) is 16.3 Å². The van der Waals surface area contributed by atoms with Crippen LogP contribution in [-0.4, -0.2) is 24.0 Å². The van der Waals surface area contributed by atoms with Crippen LogP contribution in [0.2, 0.25) is 0 Å². The molecule has 1 amide bonds. The first-order valence-electron chi connectivity index (χ1n) is 7.58. The summed E-state index contributed by atoms with van der Waals surface area (Å²) in [6.45, 7) is 1.73. The fourth-order valence-electron chi connectivity index (χ4n) is 2.63. The van der Waals surface area contributed by atoms with E-state index in [1.807, 2.05) is 0 Å². The van der Waals surface area contributed by atoms with Crippen molar-refractivity contribution in [2.45, 2.75) is 11.8 Å². The molecule has 0 unspecified atom stereocenters. The molecule has 3 aromatic rings. The van der Waals surface area contributed by atoms with Crippen LogP contribution in [0.25, 0.3) is 10.8 Å². The van der Waals surface area contributed by atoms with Gasteiger partial charge >= 0.3 is 0 Å². The number of hydrogen-bond acceptors (Lipinski definition) is 5. The van der Waals surface area contributed by atoms with Crippen molar-refractivity contribution in [2.75, 3.05) is 11.1 Å². The minimum Gasteiger partial charge on any atom is -0.505 e. The van der Waals surface area contributed by atoms with Crippen LogP contribution in [0, 0.1) is 6.92 Å². The van der Waals surface area contributed by atoms with Gasteiger partial charge in [0.2, 0.25) is 0 Å². The maximum atomic E-state index is 12.5. The first kappa shape index (κ1) is 17.7. The Balaban J connectivity index is 2.15. The van der Waals surface area contributed by atoms with Crippen LogP contribution in [-0.2, 0) is 10.1 Å². The monoisotopic (exact) mass is 372 g/mol. The third-order valence-corrected chi connectivity index (χ3v) is 4.91. The highest BCUT2D eigenvalue weighted by molar-refractivity contribution is 7.86. The summed E-state index contributed by atoms with van der Waals surface area (Å²) in [5.74, 6) is -1.10. The second-order valence-electron chi connectivity index (χ2n) is 5.82. The molecule has 0 aliphatic rings. The predicted molar refractivity (Wildman–Crippen MR) is 99.0 cm³/mol. The van der Waals surface area contributed by atoms with E-state index in [0.29, 0.717) is 22.0 Å². The summed E-state index contributed by atoms with van der Waals surface area (Å²) < 4.78 is 33.0. The van der Waals surface area contributed by atoms with Crippen LogP contribution in [0.15, 0.2) is 53.4 Å². The summed E-state index contributed by atoms with van der Waals surface area (Å²) in [5.41, 5.74) is 6.75. The fourth-order valence-corrected chi connectivity index (χ4v) is 3.31. The van der Waals surface area contributed by atoms with E-state index in [2.05, 4.69) is 5.32 Å². The van der Waals surface area contributed by atoms with Gasteiger partial charge in [-0.1, -0.05) is 24.3 Å². The molecule has 0 bridgehead atoms. The maximum absolute atomic E-state index is 12.5. The Kier molecular flexibility index (Phi) is 4.31. The molecule has 0 fully saturated rings. The van der Waals surface area contributed by atoms with Crippen LogP contribution >= 0.6 is 0 Å². The third kappa shape index (κ3) is 3.19. The summed E-state index contributed by atoms with van der Waals surface area (Å²) in [7, 11) is -4.68. The first-order valence-corrected chi connectivity index (χ1v) is 9.02. The Labute approximate surface area is 149 Å². The quantitative estimate of drug-likeness (QED) is 0.318. The van der Waals surface area contributed by atoms with Gasteiger partial charge in [-0.3, -0.25) is 9.35 Å². The number of phenolic OH excluding ortho intramolecular Hbond substituents is 1. The highest BCUT2D eigenvalue weighted by Crippen LogP contribution is 2.38. The van der Waals surface area contributed by atoms with Gasteiger partial charge in [0, 0.05) is 16.6 Å². The highest BCUT2D eigenvalue weighted by Gasteiger charge is 2.23. The molecule has 0 saturated carbocycles. The summed E-state index contributed by atoms with van der Waals surface area (Å²) >= 11 is 0. The maximum Gasteiger partial charge on any atom is 0.296 e. The zero-order valence-corrected chi connectivity index (χ0v) is 14.5. The van der Waals surface area contributed by atoms with Gasteiger partial charge in [-0.25, -0.2) is 0 Å². The van der Waals surface area contributed by atoms with E-state index in [4.69, 9.17) is 5.73 Å². The lowest BCUT2D eigenvalue weighted by molar-refractivity contribution is 0.102. The van der Waals surface area contributed by atoms with Gasteiger partial charge in [-0.15, -0.1) is 0 Å². The number of aromatic hydroxyl groups is 1.